The van der Waals surface area contributed by atoms with Gasteiger partial charge in [-0.3, -0.25) is 9.59 Å². The second-order valence-corrected chi connectivity index (χ2v) is 17.9. The number of phenols is 2. The molecule has 0 spiro atoms. The zero-order valence-electron chi connectivity index (χ0n) is 32.5. The lowest BCUT2D eigenvalue weighted by Crippen LogP contribution is -2.25. The van der Waals surface area contributed by atoms with Crippen LogP contribution in [0.15, 0.2) is 24.3 Å². The van der Waals surface area contributed by atoms with Gasteiger partial charge < -0.3 is 20.8 Å². The van der Waals surface area contributed by atoms with Crippen molar-refractivity contribution in [3.05, 3.63) is 57.6 Å². The molecule has 0 heterocycles. The lowest BCUT2D eigenvalue weighted by molar-refractivity contribution is -0.121. The van der Waals surface area contributed by atoms with E-state index in [0.717, 1.165) is 71.9 Å². The minimum atomic E-state index is -0.181. The van der Waals surface area contributed by atoms with E-state index in [4.69, 9.17) is 0 Å². The maximum absolute atomic E-state index is 12.6. The molecule has 0 bridgehead atoms. The molecule has 0 aliphatic heterocycles. The van der Waals surface area contributed by atoms with Gasteiger partial charge in [0.15, 0.2) is 0 Å². The molecule has 2 amide bonds. The van der Waals surface area contributed by atoms with Crippen LogP contribution in [0.5, 0.6) is 11.5 Å². The van der Waals surface area contributed by atoms with Crippen LogP contribution in [0.2, 0.25) is 0 Å². The van der Waals surface area contributed by atoms with Crippen molar-refractivity contribution in [3.63, 3.8) is 0 Å². The first-order chi connectivity index (χ1) is 22.0. The number of nitrogens with one attached hydrogen (secondary N) is 2. The van der Waals surface area contributed by atoms with Gasteiger partial charge in [0.05, 0.1) is 0 Å². The molecule has 0 aliphatic rings. The number of unbranched alkanes of at least 4 members (excludes halogenated alkanes) is 5. The highest BCUT2D eigenvalue weighted by atomic mass is 16.3. The van der Waals surface area contributed by atoms with Crippen molar-refractivity contribution in [1.29, 1.82) is 0 Å². The van der Waals surface area contributed by atoms with Crippen LogP contribution in [0.4, 0.5) is 0 Å². The third-order valence-electron chi connectivity index (χ3n) is 9.10. The SMILES string of the molecule is CC(C)(C)c1cc(CCC(=O)NCCCCCCCCNC(=O)CCc2cc(C(C)(C)C)c(O)c(C(C)(C)C)c2)cc(C(C)(C)C)c1O. The minimum Gasteiger partial charge on any atom is -0.507 e. The van der Waals surface area contributed by atoms with Crippen LogP contribution in [0.3, 0.4) is 0 Å². The lowest BCUT2D eigenvalue weighted by atomic mass is 9.78. The number of rotatable bonds is 15. The molecule has 0 unspecified atom stereocenters. The highest BCUT2D eigenvalue weighted by Gasteiger charge is 2.28. The Morgan fingerprint density at radius 1 is 0.479 bits per heavy atom. The van der Waals surface area contributed by atoms with Gasteiger partial charge in [0.1, 0.15) is 11.5 Å². The Morgan fingerprint density at radius 2 is 0.729 bits per heavy atom. The summed E-state index contributed by atoms with van der Waals surface area (Å²) >= 11 is 0. The van der Waals surface area contributed by atoms with E-state index < -0.39 is 0 Å². The standard InChI is InChI=1S/C42H68N2O4/c1-39(2,3)31-25-29(26-32(37(31)47)40(4,5)6)19-21-35(45)43-23-17-15-13-14-16-18-24-44-36(46)22-20-30-27-33(41(7,8)9)38(48)34(28-30)42(10,11)12/h25-28,47-48H,13-24H2,1-12H3,(H,43,45)(H,44,46). The monoisotopic (exact) mass is 665 g/mol. The average Bonchev–Trinajstić information content (AvgIpc) is 2.94. The minimum absolute atomic E-state index is 0.0723. The quantitative estimate of drug-likeness (QED) is 0.143. The molecule has 0 aliphatic carbocycles. The van der Waals surface area contributed by atoms with Crippen LogP contribution in [0.25, 0.3) is 0 Å². The smallest absolute Gasteiger partial charge is 0.220 e. The summed E-state index contributed by atoms with van der Waals surface area (Å²) in [6.07, 6.45) is 8.52. The molecule has 2 aromatic carbocycles. The van der Waals surface area contributed by atoms with E-state index in [1.165, 1.54) is 0 Å². The number of amides is 2. The fourth-order valence-electron chi connectivity index (χ4n) is 6.07. The van der Waals surface area contributed by atoms with Gasteiger partial charge in [-0.25, -0.2) is 0 Å². The number of carbonyl (C=O) groups is 2. The zero-order chi connectivity index (χ0) is 36.5. The summed E-state index contributed by atoms with van der Waals surface area (Å²) in [5, 5.41) is 28.0. The average molecular weight is 665 g/mol. The molecule has 0 fully saturated rings. The number of phenolic OH excluding ortho intramolecular Hbond substituents is 2. The number of carbonyl (C=O) groups excluding carboxylic acids is 2. The summed E-state index contributed by atoms with van der Waals surface area (Å²) in [7, 11) is 0. The fourth-order valence-corrected chi connectivity index (χ4v) is 6.07. The Kier molecular flexibility index (Phi) is 14.6. The Bertz CT molecular complexity index is 1190. The topological polar surface area (TPSA) is 98.7 Å². The van der Waals surface area contributed by atoms with Gasteiger partial charge in [0.2, 0.25) is 11.8 Å². The summed E-state index contributed by atoms with van der Waals surface area (Å²) in [5.41, 5.74) is 5.20. The second-order valence-electron chi connectivity index (χ2n) is 17.9. The molecule has 0 atom stereocenters. The van der Waals surface area contributed by atoms with Crippen molar-refractivity contribution >= 4 is 11.8 Å². The molecule has 2 rings (SSSR count). The third kappa shape index (κ3) is 13.1. The summed E-state index contributed by atoms with van der Waals surface area (Å²) in [6.45, 7) is 26.7. The van der Waals surface area contributed by atoms with E-state index >= 15 is 0 Å². The molecule has 270 valence electrons. The largest absolute Gasteiger partial charge is 0.507 e. The van der Waals surface area contributed by atoms with E-state index in [0.29, 0.717) is 50.3 Å². The molecular weight excluding hydrogens is 596 g/mol. The van der Waals surface area contributed by atoms with Gasteiger partial charge in [-0.1, -0.05) is 133 Å². The molecular formula is C42H68N2O4. The van der Waals surface area contributed by atoms with Crippen molar-refractivity contribution in [2.24, 2.45) is 0 Å². The predicted molar refractivity (Wildman–Crippen MR) is 201 cm³/mol. The Balaban J connectivity index is 1.64. The summed E-state index contributed by atoms with van der Waals surface area (Å²) < 4.78 is 0. The van der Waals surface area contributed by atoms with Gasteiger partial charge in [0, 0.05) is 25.9 Å². The second kappa shape index (κ2) is 17.1. The Hall–Kier alpha value is -3.02. The van der Waals surface area contributed by atoms with Crippen molar-refractivity contribution in [2.75, 3.05) is 13.1 Å². The highest BCUT2D eigenvalue weighted by Crippen LogP contribution is 2.41. The van der Waals surface area contributed by atoms with Crippen molar-refractivity contribution in [2.45, 2.75) is 169 Å². The Labute approximate surface area is 292 Å². The van der Waals surface area contributed by atoms with Crippen LogP contribution in [-0.2, 0) is 44.1 Å². The van der Waals surface area contributed by atoms with Crippen LogP contribution in [0.1, 0.15) is 168 Å². The fraction of sp³-hybridized carbons (Fsp3) is 0.667. The van der Waals surface area contributed by atoms with Crippen LogP contribution in [-0.4, -0.2) is 35.1 Å². The molecule has 0 saturated carbocycles. The normalized spacial score (nSPS) is 12.7. The molecule has 0 radical (unpaired) electrons. The molecule has 48 heavy (non-hydrogen) atoms. The predicted octanol–water partition coefficient (Wildman–Crippen LogP) is 9.43. The molecule has 6 heteroatoms. The first-order valence-electron chi connectivity index (χ1n) is 18.3. The van der Waals surface area contributed by atoms with Gasteiger partial charge in [-0.15, -0.1) is 0 Å². The third-order valence-corrected chi connectivity index (χ3v) is 9.10. The van der Waals surface area contributed by atoms with Crippen LogP contribution >= 0.6 is 0 Å². The lowest BCUT2D eigenvalue weighted by Gasteiger charge is -2.28. The number of benzene rings is 2. The van der Waals surface area contributed by atoms with E-state index in [1.807, 2.05) is 0 Å². The van der Waals surface area contributed by atoms with E-state index in [9.17, 15) is 19.8 Å². The molecule has 4 N–H and O–H groups in total. The van der Waals surface area contributed by atoms with Gasteiger partial charge in [0.25, 0.3) is 0 Å². The van der Waals surface area contributed by atoms with Crippen molar-refractivity contribution in [1.82, 2.24) is 10.6 Å². The Morgan fingerprint density at radius 3 is 0.979 bits per heavy atom. The molecule has 0 saturated heterocycles. The summed E-state index contributed by atoms with van der Waals surface area (Å²) in [5.74, 6) is 0.894. The number of hydrogen-bond acceptors (Lipinski definition) is 4. The number of aromatic hydroxyl groups is 2. The molecule has 6 nitrogen and oxygen atoms in total. The molecule has 2 aromatic rings. The highest BCUT2D eigenvalue weighted by molar-refractivity contribution is 5.76. The van der Waals surface area contributed by atoms with Gasteiger partial charge >= 0.3 is 0 Å². The first-order valence-corrected chi connectivity index (χ1v) is 18.3. The van der Waals surface area contributed by atoms with Gasteiger partial charge in [-0.2, -0.15) is 0 Å². The maximum Gasteiger partial charge on any atom is 0.220 e. The molecule has 0 aromatic heterocycles. The van der Waals surface area contributed by atoms with Crippen LogP contribution in [0, 0.1) is 0 Å². The first kappa shape index (κ1) is 41.2. The van der Waals surface area contributed by atoms with E-state index in [1.54, 1.807) is 0 Å². The van der Waals surface area contributed by atoms with Gasteiger partial charge in [-0.05, 0) is 80.7 Å². The summed E-state index contributed by atoms with van der Waals surface area (Å²) in [6, 6.07) is 8.24. The van der Waals surface area contributed by atoms with Crippen molar-refractivity contribution in [3.8, 4) is 11.5 Å². The number of aryl methyl sites for hydroxylation is 2. The van der Waals surface area contributed by atoms with E-state index in [2.05, 4.69) is 118 Å². The number of hydrogen-bond donors (Lipinski definition) is 4. The zero-order valence-corrected chi connectivity index (χ0v) is 32.5. The summed E-state index contributed by atoms with van der Waals surface area (Å²) in [4.78, 5) is 25.1. The maximum atomic E-state index is 12.6. The van der Waals surface area contributed by atoms with Crippen molar-refractivity contribution < 1.29 is 19.8 Å². The van der Waals surface area contributed by atoms with E-state index in [-0.39, 0.29) is 33.5 Å². The van der Waals surface area contributed by atoms with Crippen LogP contribution < -0.4 is 10.6 Å².